The van der Waals surface area contributed by atoms with Gasteiger partial charge in [-0.3, -0.25) is 0 Å². The summed E-state index contributed by atoms with van der Waals surface area (Å²) >= 11 is 0. The van der Waals surface area contributed by atoms with E-state index in [1.807, 2.05) is 0 Å². The number of aromatic nitrogens is 4. The van der Waals surface area contributed by atoms with Crippen LogP contribution in [0.1, 0.15) is 52.3 Å². The van der Waals surface area contributed by atoms with Crippen molar-refractivity contribution in [2.75, 3.05) is 19.6 Å². The van der Waals surface area contributed by atoms with Crippen molar-refractivity contribution < 1.29 is 0 Å². The van der Waals surface area contributed by atoms with E-state index in [0.717, 1.165) is 18.3 Å². The summed E-state index contributed by atoms with van der Waals surface area (Å²) in [5.74, 6) is 1.77. The Morgan fingerprint density at radius 1 is 1.32 bits per heavy atom. The molecule has 1 unspecified atom stereocenters. The van der Waals surface area contributed by atoms with Crippen molar-refractivity contribution in [2.45, 2.75) is 51.9 Å². The first-order chi connectivity index (χ1) is 8.97. The molecule has 5 heteroatoms. The molecule has 1 saturated heterocycles. The zero-order valence-electron chi connectivity index (χ0n) is 12.3. The number of likely N-dealkylation sites (tertiary alicyclic amines) is 1. The number of hydrogen-bond acceptors (Lipinski definition) is 4. The average molecular weight is 263 g/mol. The van der Waals surface area contributed by atoms with Crippen LogP contribution in [0.25, 0.3) is 0 Å². The summed E-state index contributed by atoms with van der Waals surface area (Å²) in [7, 11) is 0. The van der Waals surface area contributed by atoms with Gasteiger partial charge in [-0.25, -0.2) is 0 Å². The molecule has 0 aromatic carbocycles. The Hall–Kier alpha value is -0.970. The lowest BCUT2D eigenvalue weighted by Crippen LogP contribution is -2.49. The van der Waals surface area contributed by atoms with Crippen LogP contribution in [-0.4, -0.2) is 45.2 Å². The minimum atomic E-state index is 0.0739. The van der Waals surface area contributed by atoms with Gasteiger partial charge in [-0.15, -0.1) is 10.2 Å². The lowest BCUT2D eigenvalue weighted by Gasteiger charge is -2.47. The van der Waals surface area contributed by atoms with Crippen molar-refractivity contribution in [2.24, 2.45) is 11.3 Å². The Labute approximate surface area is 115 Å². The molecule has 5 nitrogen and oxygen atoms in total. The molecular weight excluding hydrogens is 238 g/mol. The number of hydrogen-bond donors (Lipinski definition) is 1. The number of piperidine rings is 1. The van der Waals surface area contributed by atoms with Crippen LogP contribution in [-0.2, 0) is 5.41 Å². The molecule has 3 rings (SSSR count). The van der Waals surface area contributed by atoms with Crippen LogP contribution in [0.3, 0.4) is 0 Å². The van der Waals surface area contributed by atoms with E-state index in [2.05, 4.69) is 46.3 Å². The highest BCUT2D eigenvalue weighted by atomic mass is 15.5. The predicted octanol–water partition coefficient (Wildman–Crippen LogP) is 1.99. The minimum absolute atomic E-state index is 0.0739. The van der Waals surface area contributed by atoms with Gasteiger partial charge in [-0.05, 0) is 43.6 Å². The van der Waals surface area contributed by atoms with Crippen LogP contribution < -0.4 is 0 Å². The van der Waals surface area contributed by atoms with Crippen molar-refractivity contribution in [1.82, 2.24) is 25.5 Å². The summed E-state index contributed by atoms with van der Waals surface area (Å²) < 4.78 is 0. The lowest BCUT2D eigenvalue weighted by molar-refractivity contribution is 0.0411. The summed E-state index contributed by atoms with van der Waals surface area (Å²) in [5, 5.41) is 14.7. The Morgan fingerprint density at radius 2 is 2.11 bits per heavy atom. The molecule has 2 heterocycles. The van der Waals surface area contributed by atoms with Gasteiger partial charge in [0.2, 0.25) is 0 Å². The molecule has 1 aliphatic heterocycles. The summed E-state index contributed by atoms with van der Waals surface area (Å²) in [6.07, 6.45) is 5.16. The molecule has 106 valence electrons. The molecule has 2 fully saturated rings. The molecule has 1 saturated carbocycles. The largest absolute Gasteiger partial charge is 0.302 e. The normalized spacial score (nSPS) is 32.2. The van der Waals surface area contributed by atoms with Gasteiger partial charge in [0.25, 0.3) is 0 Å². The molecule has 1 N–H and O–H groups in total. The average Bonchev–Trinajstić information content (AvgIpc) is 2.80. The summed E-state index contributed by atoms with van der Waals surface area (Å²) in [5.41, 5.74) is 0.655. The maximum absolute atomic E-state index is 4.21. The van der Waals surface area contributed by atoms with Gasteiger partial charge in [-0.1, -0.05) is 26.0 Å². The quantitative estimate of drug-likeness (QED) is 0.906. The van der Waals surface area contributed by atoms with E-state index in [1.54, 1.807) is 0 Å². The fourth-order valence-corrected chi connectivity index (χ4v) is 4.10. The second-order valence-electron chi connectivity index (χ2n) is 7.57. The van der Waals surface area contributed by atoms with E-state index in [-0.39, 0.29) is 5.41 Å². The Morgan fingerprint density at radius 3 is 2.74 bits per heavy atom. The lowest BCUT2D eigenvalue weighted by atomic mass is 9.64. The van der Waals surface area contributed by atoms with Crippen LogP contribution in [0.15, 0.2) is 0 Å². The number of rotatable bonds is 3. The molecule has 19 heavy (non-hydrogen) atoms. The summed E-state index contributed by atoms with van der Waals surface area (Å²) in [6.45, 7) is 10.6. The molecule has 0 bridgehead atoms. The SMILES string of the molecule is CC1(C)CC(CN2CCCC(C)(c3nn[nH]n3)C2)C1. The molecule has 1 aromatic rings. The second-order valence-corrected chi connectivity index (χ2v) is 7.57. The van der Waals surface area contributed by atoms with E-state index in [4.69, 9.17) is 0 Å². The molecule has 1 atom stereocenters. The number of H-pyrrole nitrogens is 1. The third-order valence-electron chi connectivity index (χ3n) is 4.86. The third kappa shape index (κ3) is 2.66. The van der Waals surface area contributed by atoms with Gasteiger partial charge < -0.3 is 4.90 Å². The minimum Gasteiger partial charge on any atom is -0.302 e. The van der Waals surface area contributed by atoms with Crippen molar-refractivity contribution in [3.8, 4) is 0 Å². The number of nitrogens with zero attached hydrogens (tertiary/aromatic N) is 4. The Balaban J connectivity index is 1.59. The molecule has 2 aliphatic rings. The highest BCUT2D eigenvalue weighted by Crippen LogP contribution is 2.45. The van der Waals surface area contributed by atoms with Gasteiger partial charge in [0.1, 0.15) is 0 Å². The Kier molecular flexibility index (Phi) is 3.12. The number of nitrogens with one attached hydrogen (secondary N) is 1. The molecular formula is C14H25N5. The highest BCUT2D eigenvalue weighted by molar-refractivity contribution is 5.06. The van der Waals surface area contributed by atoms with Crippen LogP contribution in [0, 0.1) is 11.3 Å². The topological polar surface area (TPSA) is 57.7 Å². The highest BCUT2D eigenvalue weighted by Gasteiger charge is 2.40. The first-order valence-corrected chi connectivity index (χ1v) is 7.43. The van der Waals surface area contributed by atoms with E-state index < -0.39 is 0 Å². The molecule has 0 radical (unpaired) electrons. The van der Waals surface area contributed by atoms with Crippen molar-refractivity contribution in [3.05, 3.63) is 5.82 Å². The maximum atomic E-state index is 4.21. The van der Waals surface area contributed by atoms with E-state index in [9.17, 15) is 0 Å². The summed E-state index contributed by atoms with van der Waals surface area (Å²) in [6, 6.07) is 0. The standard InChI is InChI=1S/C14H25N5/c1-13(2)7-11(8-13)9-19-6-4-5-14(3,10-19)12-15-17-18-16-12/h11H,4-10H2,1-3H3,(H,15,16,17,18). The van der Waals surface area contributed by atoms with Crippen molar-refractivity contribution in [1.29, 1.82) is 0 Å². The van der Waals surface area contributed by atoms with Crippen LogP contribution in [0.5, 0.6) is 0 Å². The molecule has 0 spiro atoms. The van der Waals surface area contributed by atoms with E-state index in [0.29, 0.717) is 5.41 Å². The smallest absolute Gasteiger partial charge is 0.181 e. The summed E-state index contributed by atoms with van der Waals surface area (Å²) in [4.78, 5) is 2.61. The Bertz CT molecular complexity index is 419. The zero-order chi connectivity index (χ0) is 13.5. The van der Waals surface area contributed by atoms with Crippen LogP contribution in [0.2, 0.25) is 0 Å². The molecule has 0 amide bonds. The van der Waals surface area contributed by atoms with Crippen LogP contribution >= 0.6 is 0 Å². The van der Waals surface area contributed by atoms with Crippen molar-refractivity contribution >= 4 is 0 Å². The fraction of sp³-hybridized carbons (Fsp3) is 0.929. The van der Waals surface area contributed by atoms with Gasteiger partial charge in [-0.2, -0.15) is 5.21 Å². The van der Waals surface area contributed by atoms with Gasteiger partial charge >= 0.3 is 0 Å². The first kappa shape index (κ1) is 13.0. The number of tetrazole rings is 1. The zero-order valence-corrected chi connectivity index (χ0v) is 12.3. The number of aromatic amines is 1. The molecule has 1 aromatic heterocycles. The first-order valence-electron chi connectivity index (χ1n) is 7.43. The van der Waals surface area contributed by atoms with Crippen LogP contribution in [0.4, 0.5) is 0 Å². The predicted molar refractivity (Wildman–Crippen MR) is 73.7 cm³/mol. The second kappa shape index (κ2) is 4.54. The van der Waals surface area contributed by atoms with Gasteiger partial charge in [0.05, 0.1) is 0 Å². The monoisotopic (exact) mass is 263 g/mol. The van der Waals surface area contributed by atoms with Crippen molar-refractivity contribution in [3.63, 3.8) is 0 Å². The fourth-order valence-electron chi connectivity index (χ4n) is 4.10. The maximum Gasteiger partial charge on any atom is 0.181 e. The molecule has 1 aliphatic carbocycles. The third-order valence-corrected chi connectivity index (χ3v) is 4.86. The van der Waals surface area contributed by atoms with Gasteiger partial charge in [0, 0.05) is 18.5 Å². The van der Waals surface area contributed by atoms with Gasteiger partial charge in [0.15, 0.2) is 5.82 Å². The van der Waals surface area contributed by atoms with E-state index >= 15 is 0 Å². The van der Waals surface area contributed by atoms with E-state index in [1.165, 1.54) is 38.8 Å².